The standard InChI is InChI=1S/C13H21N/c1-10(2)8-12-6-5-7-13(14-12)9-11(3)4/h5-6,12-14H,1,3,7-9H2,2,4H3/i5D,6D,7D,12D,13D. The first kappa shape index (κ1) is 5.92. The molecule has 0 spiro atoms. The van der Waals surface area contributed by atoms with Gasteiger partial charge in [-0.1, -0.05) is 23.3 Å². The summed E-state index contributed by atoms with van der Waals surface area (Å²) in [5, 5.41) is 2.76. The summed E-state index contributed by atoms with van der Waals surface area (Å²) in [4.78, 5) is 0. The molecule has 3 atom stereocenters. The normalized spacial score (nSPS) is 48.4. The second-order valence-corrected chi connectivity index (χ2v) is 3.81. The van der Waals surface area contributed by atoms with Gasteiger partial charge in [-0.15, -0.1) is 13.2 Å². The van der Waals surface area contributed by atoms with Crippen LogP contribution in [0, 0.1) is 0 Å². The summed E-state index contributed by atoms with van der Waals surface area (Å²) >= 11 is 0. The summed E-state index contributed by atoms with van der Waals surface area (Å²) in [6.07, 6.45) is -0.869. The first-order valence-electron chi connectivity index (χ1n) is 7.28. The molecule has 0 aromatic carbocycles. The van der Waals surface area contributed by atoms with Crippen molar-refractivity contribution in [1.29, 1.82) is 0 Å². The van der Waals surface area contributed by atoms with Crippen molar-refractivity contribution in [3.8, 4) is 0 Å². The predicted octanol–water partition coefficient (Wildman–Crippen LogP) is 3.21. The van der Waals surface area contributed by atoms with Gasteiger partial charge in [0.2, 0.25) is 0 Å². The molecule has 1 nitrogen and oxygen atoms in total. The maximum absolute atomic E-state index is 8.33. The molecule has 1 aliphatic heterocycles. The minimum atomic E-state index is -1.56. The zero-order valence-corrected chi connectivity index (χ0v) is 8.91. The highest BCUT2D eigenvalue weighted by Crippen LogP contribution is 2.15. The van der Waals surface area contributed by atoms with Crippen molar-refractivity contribution in [1.82, 2.24) is 5.32 Å². The van der Waals surface area contributed by atoms with Crippen molar-refractivity contribution in [3.63, 3.8) is 0 Å². The summed E-state index contributed by atoms with van der Waals surface area (Å²) in [6.45, 7) is 11.0. The van der Waals surface area contributed by atoms with Gasteiger partial charge in [-0.2, -0.15) is 0 Å². The summed E-state index contributed by atoms with van der Waals surface area (Å²) < 4.78 is 40.3. The van der Waals surface area contributed by atoms with E-state index in [2.05, 4.69) is 18.5 Å². The van der Waals surface area contributed by atoms with Crippen LogP contribution in [0.1, 0.15) is 39.9 Å². The Kier molecular flexibility index (Phi) is 2.18. The fraction of sp³-hybridized carbons (Fsp3) is 0.538. The quantitative estimate of drug-likeness (QED) is 0.681. The average Bonchev–Trinajstić information content (AvgIpc) is 2.21. The molecule has 0 amide bonds. The molecule has 1 rings (SSSR count). The zero-order valence-electron chi connectivity index (χ0n) is 13.9. The van der Waals surface area contributed by atoms with Crippen molar-refractivity contribution in [2.75, 3.05) is 0 Å². The van der Waals surface area contributed by atoms with E-state index in [0.29, 0.717) is 11.1 Å². The van der Waals surface area contributed by atoms with Crippen LogP contribution in [0.3, 0.4) is 0 Å². The molecule has 0 aliphatic carbocycles. The minimum Gasteiger partial charge on any atom is -0.307 e. The van der Waals surface area contributed by atoms with Crippen molar-refractivity contribution in [3.05, 3.63) is 36.4 Å². The Morgan fingerprint density at radius 3 is 2.79 bits per heavy atom. The molecule has 1 N–H and O–H groups in total. The monoisotopic (exact) mass is 196 g/mol. The van der Waals surface area contributed by atoms with Gasteiger partial charge in [-0.25, -0.2) is 0 Å². The molecular formula is C13H21N. The highest BCUT2D eigenvalue weighted by Gasteiger charge is 2.16. The van der Waals surface area contributed by atoms with Crippen LogP contribution in [-0.4, -0.2) is 12.0 Å². The third kappa shape index (κ3) is 3.93. The van der Waals surface area contributed by atoms with Crippen molar-refractivity contribution in [2.45, 2.75) is 45.1 Å². The molecule has 0 bridgehead atoms. The summed E-state index contributed by atoms with van der Waals surface area (Å²) in [7, 11) is 0. The number of nitrogens with one attached hydrogen (secondary N) is 1. The van der Waals surface area contributed by atoms with Gasteiger partial charge in [0.25, 0.3) is 0 Å². The van der Waals surface area contributed by atoms with Crippen LogP contribution in [0.4, 0.5) is 0 Å². The molecule has 14 heavy (non-hydrogen) atoms. The van der Waals surface area contributed by atoms with E-state index in [-0.39, 0.29) is 24.9 Å². The van der Waals surface area contributed by atoms with Crippen molar-refractivity contribution < 1.29 is 6.85 Å². The number of hydrogen-bond acceptors (Lipinski definition) is 1. The van der Waals surface area contributed by atoms with E-state index in [1.165, 1.54) is 0 Å². The fourth-order valence-electron chi connectivity index (χ4n) is 1.28. The molecular weight excluding hydrogens is 170 g/mol. The van der Waals surface area contributed by atoms with Gasteiger partial charge in [0.15, 0.2) is 0 Å². The van der Waals surface area contributed by atoms with E-state index < -0.39 is 18.4 Å². The minimum absolute atomic E-state index is 0.151. The molecule has 0 radical (unpaired) electrons. The number of rotatable bonds is 4. The molecule has 0 aromatic heterocycles. The molecule has 0 saturated heterocycles. The first-order chi connectivity index (χ1) is 8.52. The SMILES string of the molecule is [2H]C1=C([2H])C([2H])(CC(=C)C)NC([2H])(CC(=C)C)C1[2H]. The Morgan fingerprint density at radius 2 is 2.21 bits per heavy atom. The average molecular weight is 196 g/mol. The van der Waals surface area contributed by atoms with Crippen LogP contribution >= 0.6 is 0 Å². The molecule has 0 aromatic rings. The van der Waals surface area contributed by atoms with Crippen LogP contribution in [0.25, 0.3) is 0 Å². The maximum Gasteiger partial charge on any atom is 0.0589 e. The second kappa shape index (κ2) is 5.16. The maximum atomic E-state index is 8.33. The van der Waals surface area contributed by atoms with Gasteiger partial charge in [0.05, 0.1) is 4.11 Å². The first-order valence-corrected chi connectivity index (χ1v) is 4.70. The highest BCUT2D eigenvalue weighted by atomic mass is 14.9. The fourth-order valence-corrected chi connectivity index (χ4v) is 1.28. The largest absolute Gasteiger partial charge is 0.307 e. The van der Waals surface area contributed by atoms with Crippen LogP contribution < -0.4 is 5.32 Å². The lowest BCUT2D eigenvalue weighted by Gasteiger charge is -2.27. The van der Waals surface area contributed by atoms with Crippen LogP contribution in [0.2, 0.25) is 0 Å². The summed E-state index contributed by atoms with van der Waals surface area (Å²) in [6, 6.07) is -3.58. The lowest BCUT2D eigenvalue weighted by atomic mass is 9.97. The molecule has 1 heterocycles. The van der Waals surface area contributed by atoms with Crippen LogP contribution in [0.15, 0.2) is 36.4 Å². The highest BCUT2D eigenvalue weighted by molar-refractivity contribution is 5.09. The molecule has 3 unspecified atom stereocenters. The van der Waals surface area contributed by atoms with Crippen molar-refractivity contribution in [2.24, 2.45) is 0 Å². The summed E-state index contributed by atoms with van der Waals surface area (Å²) in [5.41, 5.74) is 1.40. The predicted molar refractivity (Wildman–Crippen MR) is 63.3 cm³/mol. The summed E-state index contributed by atoms with van der Waals surface area (Å²) in [5.74, 6) is 0. The Bertz CT molecular complexity index is 444. The molecule has 78 valence electrons. The van der Waals surface area contributed by atoms with E-state index in [0.717, 1.165) is 0 Å². The molecule has 1 heteroatoms. The van der Waals surface area contributed by atoms with Gasteiger partial charge < -0.3 is 5.32 Å². The van der Waals surface area contributed by atoms with Crippen LogP contribution in [-0.2, 0) is 0 Å². The zero-order chi connectivity index (χ0) is 15.0. The van der Waals surface area contributed by atoms with Gasteiger partial charge in [-0.3, -0.25) is 0 Å². The Labute approximate surface area is 94.6 Å². The van der Waals surface area contributed by atoms with Gasteiger partial charge >= 0.3 is 0 Å². The third-order valence-corrected chi connectivity index (χ3v) is 1.75. The van der Waals surface area contributed by atoms with Gasteiger partial charge in [0.1, 0.15) is 0 Å². The van der Waals surface area contributed by atoms with Crippen LogP contribution in [0.5, 0.6) is 0 Å². The lowest BCUT2D eigenvalue weighted by molar-refractivity contribution is 0.445. The topological polar surface area (TPSA) is 12.0 Å². The van der Waals surface area contributed by atoms with Crippen molar-refractivity contribution >= 4 is 0 Å². The molecule has 1 aliphatic rings. The van der Waals surface area contributed by atoms with E-state index in [9.17, 15) is 0 Å². The third-order valence-electron chi connectivity index (χ3n) is 1.75. The lowest BCUT2D eigenvalue weighted by Crippen LogP contribution is -2.39. The van der Waals surface area contributed by atoms with Gasteiger partial charge in [0, 0.05) is 14.8 Å². The molecule has 0 fully saturated rings. The van der Waals surface area contributed by atoms with E-state index >= 15 is 0 Å². The second-order valence-electron chi connectivity index (χ2n) is 3.81. The Balaban J connectivity index is 3.24. The number of hydrogen-bond donors (Lipinski definition) is 1. The Morgan fingerprint density at radius 1 is 1.57 bits per heavy atom. The van der Waals surface area contributed by atoms with E-state index in [1.807, 2.05) is 0 Å². The van der Waals surface area contributed by atoms with E-state index in [1.54, 1.807) is 13.8 Å². The smallest absolute Gasteiger partial charge is 0.0589 e. The van der Waals surface area contributed by atoms with E-state index in [4.69, 9.17) is 6.85 Å². The molecule has 0 saturated carbocycles. The Hall–Kier alpha value is -0.820. The van der Waals surface area contributed by atoms with Gasteiger partial charge in [-0.05, 0) is 33.1 Å².